The van der Waals surface area contributed by atoms with Crippen LogP contribution in [0.1, 0.15) is 82.6 Å². The van der Waals surface area contributed by atoms with Gasteiger partial charge in [0.1, 0.15) is 5.75 Å². The molecule has 1 aliphatic carbocycles. The van der Waals surface area contributed by atoms with Crippen LogP contribution in [0, 0.1) is 0 Å². The van der Waals surface area contributed by atoms with Crippen molar-refractivity contribution in [3.63, 3.8) is 0 Å². The third kappa shape index (κ3) is 6.66. The van der Waals surface area contributed by atoms with Gasteiger partial charge in [-0.05, 0) is 94.3 Å². The van der Waals surface area contributed by atoms with Crippen molar-refractivity contribution in [2.45, 2.75) is 83.1 Å². The van der Waals surface area contributed by atoms with E-state index >= 15 is 0 Å². The minimum atomic E-state index is 0.304. The van der Waals surface area contributed by atoms with Crippen LogP contribution in [-0.4, -0.2) is 72.6 Å². The molecule has 0 N–H and O–H groups in total. The second-order valence-corrected chi connectivity index (χ2v) is 11.0. The Hall–Kier alpha value is -1.27. The first kappa shape index (κ1) is 24.8. The summed E-state index contributed by atoms with van der Waals surface area (Å²) in [6.45, 7) is 9.19. The monoisotopic (exact) mass is 519 g/mol. The van der Waals surface area contributed by atoms with Crippen LogP contribution in [0.3, 0.4) is 0 Å². The van der Waals surface area contributed by atoms with Crippen molar-refractivity contribution < 1.29 is 9.53 Å². The number of ether oxygens (including phenoxy) is 1. The molecule has 3 aliphatic rings. The molecule has 5 nitrogen and oxygen atoms in total. The van der Waals surface area contributed by atoms with Gasteiger partial charge in [-0.25, -0.2) is 4.79 Å². The van der Waals surface area contributed by atoms with E-state index in [0.717, 1.165) is 68.9 Å². The van der Waals surface area contributed by atoms with E-state index in [1.54, 1.807) is 0 Å². The molecule has 2 heterocycles. The number of hydrogen-bond acceptors (Lipinski definition) is 3. The number of piperidine rings is 1. The molecule has 0 unspecified atom stereocenters. The zero-order valence-corrected chi connectivity index (χ0v) is 22.0. The lowest BCUT2D eigenvalue weighted by Crippen LogP contribution is -2.40. The highest BCUT2D eigenvalue weighted by molar-refractivity contribution is 9.10. The summed E-state index contributed by atoms with van der Waals surface area (Å²) < 4.78 is 7.18. The summed E-state index contributed by atoms with van der Waals surface area (Å²) in [5, 5.41) is 0. The van der Waals surface area contributed by atoms with Crippen LogP contribution in [0.2, 0.25) is 0 Å². The minimum Gasteiger partial charge on any atom is -0.493 e. The van der Waals surface area contributed by atoms with Gasteiger partial charge in [0, 0.05) is 30.1 Å². The molecule has 33 heavy (non-hydrogen) atoms. The Bertz CT molecular complexity index is 760. The van der Waals surface area contributed by atoms with Crippen LogP contribution < -0.4 is 4.74 Å². The first-order valence-corrected chi connectivity index (χ1v) is 14.1. The molecule has 2 saturated heterocycles. The normalized spacial score (nSPS) is 21.2. The van der Waals surface area contributed by atoms with Crippen molar-refractivity contribution in [1.82, 2.24) is 14.7 Å². The highest BCUT2D eigenvalue weighted by Gasteiger charge is 2.33. The summed E-state index contributed by atoms with van der Waals surface area (Å²) in [5.74, 6) is 1.65. The fourth-order valence-corrected chi connectivity index (χ4v) is 6.21. The topological polar surface area (TPSA) is 36.0 Å². The van der Waals surface area contributed by atoms with Crippen molar-refractivity contribution in [2.75, 3.05) is 45.9 Å². The van der Waals surface area contributed by atoms with E-state index in [4.69, 9.17) is 4.74 Å². The number of unbranched alkanes of at least 4 members (excludes halogenated alkanes) is 1. The number of hydrogen-bond donors (Lipinski definition) is 0. The van der Waals surface area contributed by atoms with Crippen molar-refractivity contribution in [3.05, 3.63) is 28.2 Å². The van der Waals surface area contributed by atoms with E-state index in [1.807, 2.05) is 0 Å². The third-order valence-corrected chi connectivity index (χ3v) is 8.25. The quantitative estimate of drug-likeness (QED) is 0.342. The predicted molar refractivity (Wildman–Crippen MR) is 138 cm³/mol. The van der Waals surface area contributed by atoms with E-state index in [0.29, 0.717) is 18.0 Å². The van der Waals surface area contributed by atoms with Crippen molar-refractivity contribution in [1.29, 1.82) is 0 Å². The average molecular weight is 521 g/mol. The molecule has 1 saturated carbocycles. The minimum absolute atomic E-state index is 0.304. The Morgan fingerprint density at radius 3 is 2.48 bits per heavy atom. The SMILES string of the molecule is CCCOc1ccc(Br)cc1C1CCN(CCCCN2CCN(C3CCCCC3)C2=O)CC1. The molecule has 2 amide bonds. The molecule has 0 radical (unpaired) electrons. The van der Waals surface area contributed by atoms with Gasteiger partial charge >= 0.3 is 6.03 Å². The van der Waals surface area contributed by atoms with Gasteiger partial charge < -0.3 is 19.4 Å². The number of halogens is 1. The van der Waals surface area contributed by atoms with Crippen molar-refractivity contribution in [3.8, 4) is 5.75 Å². The fraction of sp³-hybridized carbons (Fsp3) is 0.741. The molecule has 0 atom stereocenters. The molecular weight excluding hydrogens is 478 g/mol. The van der Waals surface area contributed by atoms with E-state index in [1.165, 1.54) is 56.9 Å². The average Bonchev–Trinajstić information content (AvgIpc) is 3.22. The maximum atomic E-state index is 12.8. The van der Waals surface area contributed by atoms with Crippen LogP contribution in [0.4, 0.5) is 4.79 Å². The molecule has 184 valence electrons. The van der Waals surface area contributed by atoms with Gasteiger partial charge in [-0.2, -0.15) is 0 Å². The summed E-state index contributed by atoms with van der Waals surface area (Å²) in [7, 11) is 0. The van der Waals surface area contributed by atoms with Gasteiger partial charge in [0.25, 0.3) is 0 Å². The number of urea groups is 1. The smallest absolute Gasteiger partial charge is 0.320 e. The third-order valence-electron chi connectivity index (χ3n) is 7.76. The zero-order chi connectivity index (χ0) is 23.0. The summed E-state index contributed by atoms with van der Waals surface area (Å²) in [5.41, 5.74) is 1.37. The summed E-state index contributed by atoms with van der Waals surface area (Å²) in [6, 6.07) is 7.28. The Labute approximate surface area is 208 Å². The van der Waals surface area contributed by atoms with E-state index < -0.39 is 0 Å². The van der Waals surface area contributed by atoms with Crippen LogP contribution in [0.5, 0.6) is 5.75 Å². The first-order chi connectivity index (χ1) is 16.2. The lowest BCUT2D eigenvalue weighted by Gasteiger charge is -2.33. The van der Waals surface area contributed by atoms with E-state index in [9.17, 15) is 4.79 Å². The van der Waals surface area contributed by atoms with Gasteiger partial charge in [0.2, 0.25) is 0 Å². The lowest BCUT2D eigenvalue weighted by atomic mass is 9.88. The molecule has 0 spiro atoms. The molecule has 6 heteroatoms. The predicted octanol–water partition coefficient (Wildman–Crippen LogP) is 6.27. The highest BCUT2D eigenvalue weighted by Crippen LogP contribution is 2.36. The van der Waals surface area contributed by atoms with Crippen molar-refractivity contribution >= 4 is 22.0 Å². The number of benzene rings is 1. The second kappa shape index (κ2) is 12.4. The highest BCUT2D eigenvalue weighted by atomic mass is 79.9. The molecular formula is C27H42BrN3O2. The van der Waals surface area contributed by atoms with Crippen LogP contribution in [-0.2, 0) is 0 Å². The number of amides is 2. The molecule has 0 bridgehead atoms. The van der Waals surface area contributed by atoms with Crippen LogP contribution in [0.25, 0.3) is 0 Å². The standard InChI is InChI=1S/C27H42BrN3O2/c1-2-20-33-26-11-10-23(28)21-25(26)22-12-16-29(17-13-22)14-6-7-15-30-18-19-31(27(30)32)24-8-4-3-5-9-24/h10-11,21-22,24H,2-9,12-20H2,1H3. The first-order valence-electron chi connectivity index (χ1n) is 13.4. The Morgan fingerprint density at radius 2 is 1.73 bits per heavy atom. The summed E-state index contributed by atoms with van der Waals surface area (Å²) >= 11 is 3.65. The number of likely N-dealkylation sites (tertiary alicyclic amines) is 1. The maximum absolute atomic E-state index is 12.8. The van der Waals surface area contributed by atoms with Gasteiger partial charge in [-0.15, -0.1) is 0 Å². The van der Waals surface area contributed by atoms with E-state index in [2.05, 4.69) is 55.8 Å². The van der Waals surface area contributed by atoms with Gasteiger partial charge in [-0.1, -0.05) is 42.1 Å². The number of rotatable bonds is 10. The van der Waals surface area contributed by atoms with Gasteiger partial charge in [0.15, 0.2) is 0 Å². The lowest BCUT2D eigenvalue weighted by molar-refractivity contribution is 0.162. The molecule has 0 aromatic heterocycles. The Kier molecular flexibility index (Phi) is 9.36. The fourth-order valence-electron chi connectivity index (χ4n) is 5.83. The largest absolute Gasteiger partial charge is 0.493 e. The summed E-state index contributed by atoms with van der Waals surface area (Å²) in [6.07, 6.45) is 12.1. The Morgan fingerprint density at radius 1 is 0.970 bits per heavy atom. The number of nitrogens with zero attached hydrogens (tertiary/aromatic N) is 3. The molecule has 1 aromatic carbocycles. The summed E-state index contributed by atoms with van der Waals surface area (Å²) in [4.78, 5) is 19.7. The second-order valence-electron chi connectivity index (χ2n) is 10.1. The zero-order valence-electron chi connectivity index (χ0n) is 20.4. The maximum Gasteiger partial charge on any atom is 0.320 e. The van der Waals surface area contributed by atoms with E-state index in [-0.39, 0.29) is 0 Å². The molecule has 4 rings (SSSR count). The number of carbonyl (C=O) groups is 1. The van der Waals surface area contributed by atoms with Crippen molar-refractivity contribution in [2.24, 2.45) is 0 Å². The number of carbonyl (C=O) groups excluding carboxylic acids is 1. The van der Waals surface area contributed by atoms with Gasteiger partial charge in [-0.3, -0.25) is 0 Å². The Balaban J connectivity index is 1.16. The van der Waals surface area contributed by atoms with Gasteiger partial charge in [0.05, 0.1) is 6.61 Å². The van der Waals surface area contributed by atoms with Crippen LogP contribution in [0.15, 0.2) is 22.7 Å². The van der Waals surface area contributed by atoms with Crippen LogP contribution >= 0.6 is 15.9 Å². The molecule has 1 aromatic rings. The molecule has 2 aliphatic heterocycles. The molecule has 3 fully saturated rings.